The summed E-state index contributed by atoms with van der Waals surface area (Å²) in [6.45, 7) is 3.18. The average Bonchev–Trinajstić information content (AvgIpc) is 2.46. The number of nitrogens with one attached hydrogen (secondary N) is 2. The van der Waals surface area contributed by atoms with Crippen LogP contribution >= 0.6 is 0 Å². The number of sulfonamides is 1. The van der Waals surface area contributed by atoms with E-state index in [1.165, 1.54) is 22.9 Å². The lowest BCUT2D eigenvalue weighted by Crippen LogP contribution is -2.35. The Morgan fingerprint density at radius 3 is 2.61 bits per heavy atom. The molecule has 9 heteroatoms. The van der Waals surface area contributed by atoms with Crippen LogP contribution in [0.3, 0.4) is 0 Å². The van der Waals surface area contributed by atoms with Gasteiger partial charge < -0.3 is 0 Å². The maximum absolute atomic E-state index is 13.1. The zero-order valence-corrected chi connectivity index (χ0v) is 13.4. The van der Waals surface area contributed by atoms with E-state index in [0.717, 1.165) is 12.1 Å². The van der Waals surface area contributed by atoms with Gasteiger partial charge in [-0.05, 0) is 32.0 Å². The molecule has 7 nitrogen and oxygen atoms in total. The molecule has 2 rings (SSSR count). The molecule has 0 aliphatic heterocycles. The Bertz CT molecular complexity index is 932. The van der Waals surface area contributed by atoms with Crippen LogP contribution in [0.5, 0.6) is 0 Å². The third-order valence-corrected chi connectivity index (χ3v) is 4.56. The molecule has 1 heterocycles. The van der Waals surface area contributed by atoms with Crippen molar-refractivity contribution in [2.24, 2.45) is 0 Å². The molecule has 0 aliphatic carbocycles. The van der Waals surface area contributed by atoms with Crippen LogP contribution in [0, 0.1) is 5.82 Å². The predicted octanol–water partition coefficient (Wildman–Crippen LogP) is 0.735. The lowest BCUT2D eigenvalue weighted by Gasteiger charge is -2.11. The molecule has 0 amide bonds. The second-order valence-electron chi connectivity index (χ2n) is 5.20. The fraction of sp³-hybridized carbons (Fsp3) is 0.286. The van der Waals surface area contributed by atoms with Gasteiger partial charge in [0, 0.05) is 24.3 Å². The fourth-order valence-corrected chi connectivity index (χ4v) is 2.96. The number of benzene rings is 1. The van der Waals surface area contributed by atoms with Crippen molar-refractivity contribution in [2.75, 3.05) is 0 Å². The van der Waals surface area contributed by atoms with E-state index in [0.29, 0.717) is 0 Å². The van der Waals surface area contributed by atoms with E-state index in [1.807, 2.05) is 0 Å². The number of aromatic amines is 1. The highest BCUT2D eigenvalue weighted by Gasteiger charge is 2.16. The van der Waals surface area contributed by atoms with Gasteiger partial charge in [-0.2, -0.15) is 0 Å². The average molecular weight is 341 g/mol. The molecular weight excluding hydrogens is 325 g/mol. The number of hydrogen-bond acceptors (Lipinski definition) is 4. The summed E-state index contributed by atoms with van der Waals surface area (Å²) in [5.74, 6) is -0.681. The zero-order chi connectivity index (χ0) is 17.2. The highest BCUT2D eigenvalue weighted by Crippen LogP contribution is 2.10. The summed E-state index contributed by atoms with van der Waals surface area (Å²) >= 11 is 0. The SMILES string of the molecule is CC(C)n1cc(CNS(=O)(=O)c2cccc(F)c2)c(=O)[nH]c1=O. The van der Waals surface area contributed by atoms with Crippen LogP contribution in [0.4, 0.5) is 4.39 Å². The Morgan fingerprint density at radius 1 is 1.30 bits per heavy atom. The van der Waals surface area contributed by atoms with Gasteiger partial charge in [-0.25, -0.2) is 22.3 Å². The molecule has 2 N–H and O–H groups in total. The monoisotopic (exact) mass is 341 g/mol. The van der Waals surface area contributed by atoms with Crippen LogP contribution in [0.15, 0.2) is 44.9 Å². The number of hydrogen-bond donors (Lipinski definition) is 2. The molecule has 0 saturated carbocycles. The minimum atomic E-state index is -3.97. The molecule has 124 valence electrons. The highest BCUT2D eigenvalue weighted by atomic mass is 32.2. The summed E-state index contributed by atoms with van der Waals surface area (Å²) in [6, 6.07) is 4.32. The number of nitrogens with zero attached hydrogens (tertiary/aromatic N) is 1. The predicted molar refractivity (Wildman–Crippen MR) is 82.1 cm³/mol. The Balaban J connectivity index is 2.29. The first-order chi connectivity index (χ1) is 10.7. The topological polar surface area (TPSA) is 101 Å². The van der Waals surface area contributed by atoms with E-state index < -0.39 is 27.1 Å². The molecule has 0 atom stereocenters. The van der Waals surface area contributed by atoms with Crippen LogP contribution in [-0.4, -0.2) is 18.0 Å². The van der Waals surface area contributed by atoms with Crippen molar-refractivity contribution in [1.29, 1.82) is 0 Å². The minimum Gasteiger partial charge on any atom is -0.298 e. The third-order valence-electron chi connectivity index (χ3n) is 3.16. The smallest absolute Gasteiger partial charge is 0.298 e. The van der Waals surface area contributed by atoms with E-state index in [1.54, 1.807) is 13.8 Å². The van der Waals surface area contributed by atoms with Gasteiger partial charge in [-0.15, -0.1) is 0 Å². The number of rotatable bonds is 5. The fourth-order valence-electron chi connectivity index (χ4n) is 1.93. The molecule has 0 spiro atoms. The molecule has 1 aromatic heterocycles. The minimum absolute atomic E-state index is 0.0817. The van der Waals surface area contributed by atoms with Crippen molar-refractivity contribution in [3.8, 4) is 0 Å². The molecule has 0 radical (unpaired) electrons. The molecule has 0 aliphatic rings. The molecule has 0 fully saturated rings. The largest absolute Gasteiger partial charge is 0.328 e. The molecule has 0 bridgehead atoms. The number of halogens is 1. The molecule has 23 heavy (non-hydrogen) atoms. The third kappa shape index (κ3) is 3.93. The Labute approximate surface area is 131 Å². The summed E-state index contributed by atoms with van der Waals surface area (Å²) in [7, 11) is -3.97. The summed E-state index contributed by atoms with van der Waals surface area (Å²) in [6.07, 6.45) is 1.31. The van der Waals surface area contributed by atoms with Gasteiger partial charge >= 0.3 is 5.69 Å². The Morgan fingerprint density at radius 2 is 2.00 bits per heavy atom. The van der Waals surface area contributed by atoms with Crippen molar-refractivity contribution < 1.29 is 12.8 Å². The molecule has 1 aromatic carbocycles. The Kier molecular flexibility index (Phi) is 4.81. The van der Waals surface area contributed by atoms with Gasteiger partial charge in [-0.3, -0.25) is 14.3 Å². The quantitative estimate of drug-likeness (QED) is 0.837. The molecular formula is C14H16FN3O4S. The first kappa shape index (κ1) is 17.1. The molecule has 2 aromatic rings. The zero-order valence-electron chi connectivity index (χ0n) is 12.5. The second kappa shape index (κ2) is 6.47. The lowest BCUT2D eigenvalue weighted by molar-refractivity contribution is 0.552. The van der Waals surface area contributed by atoms with Crippen molar-refractivity contribution in [3.05, 3.63) is 62.7 Å². The van der Waals surface area contributed by atoms with Crippen LogP contribution < -0.4 is 16.0 Å². The summed E-state index contributed by atoms with van der Waals surface area (Å²) in [5.41, 5.74) is -1.16. The summed E-state index contributed by atoms with van der Waals surface area (Å²) < 4.78 is 40.8. The van der Waals surface area contributed by atoms with Crippen LogP contribution in [0.2, 0.25) is 0 Å². The summed E-state index contributed by atoms with van der Waals surface area (Å²) in [4.78, 5) is 25.3. The first-order valence-corrected chi connectivity index (χ1v) is 8.28. The lowest BCUT2D eigenvalue weighted by atomic mass is 10.3. The standard InChI is InChI=1S/C14H16FN3O4S/c1-9(2)18-8-10(13(19)17-14(18)20)7-16-23(21,22)12-5-3-4-11(15)6-12/h3-6,8-9,16H,7H2,1-2H3,(H,17,19,20). The normalized spacial score (nSPS) is 11.8. The Hall–Kier alpha value is -2.26. The molecule has 0 unspecified atom stereocenters. The maximum Gasteiger partial charge on any atom is 0.328 e. The van der Waals surface area contributed by atoms with Crippen molar-refractivity contribution in [3.63, 3.8) is 0 Å². The van der Waals surface area contributed by atoms with E-state index in [-0.39, 0.29) is 23.0 Å². The van der Waals surface area contributed by atoms with Gasteiger partial charge in [0.1, 0.15) is 5.82 Å². The highest BCUT2D eigenvalue weighted by molar-refractivity contribution is 7.89. The van der Waals surface area contributed by atoms with E-state index in [4.69, 9.17) is 0 Å². The van der Waals surface area contributed by atoms with Crippen LogP contribution in [0.1, 0.15) is 25.5 Å². The van der Waals surface area contributed by atoms with Crippen molar-refractivity contribution in [2.45, 2.75) is 31.3 Å². The van der Waals surface area contributed by atoms with Gasteiger partial charge in [0.15, 0.2) is 0 Å². The van der Waals surface area contributed by atoms with E-state index in [2.05, 4.69) is 9.71 Å². The van der Waals surface area contributed by atoms with Crippen molar-refractivity contribution in [1.82, 2.24) is 14.3 Å². The van der Waals surface area contributed by atoms with E-state index in [9.17, 15) is 22.4 Å². The number of H-pyrrole nitrogens is 1. The van der Waals surface area contributed by atoms with Crippen molar-refractivity contribution >= 4 is 10.0 Å². The van der Waals surface area contributed by atoms with Crippen LogP contribution in [0.25, 0.3) is 0 Å². The van der Waals surface area contributed by atoms with Gasteiger partial charge in [0.25, 0.3) is 5.56 Å². The van der Waals surface area contributed by atoms with Gasteiger partial charge in [0.05, 0.1) is 4.90 Å². The maximum atomic E-state index is 13.1. The summed E-state index contributed by atoms with van der Waals surface area (Å²) in [5, 5.41) is 0. The van der Waals surface area contributed by atoms with Gasteiger partial charge in [-0.1, -0.05) is 6.07 Å². The number of aromatic nitrogens is 2. The van der Waals surface area contributed by atoms with Crippen LogP contribution in [-0.2, 0) is 16.6 Å². The van der Waals surface area contributed by atoms with Gasteiger partial charge in [0.2, 0.25) is 10.0 Å². The molecule has 0 saturated heterocycles. The second-order valence-corrected chi connectivity index (χ2v) is 6.96. The van der Waals surface area contributed by atoms with E-state index >= 15 is 0 Å². The first-order valence-electron chi connectivity index (χ1n) is 6.80.